The second-order valence-electron chi connectivity index (χ2n) is 9.69. The normalized spacial score (nSPS) is 17.8. The van der Waals surface area contributed by atoms with Crippen molar-refractivity contribution in [3.05, 3.63) is 83.4 Å². The highest BCUT2D eigenvalue weighted by atomic mass is 14.3. The van der Waals surface area contributed by atoms with Crippen LogP contribution >= 0.6 is 0 Å². The molecule has 3 aromatic carbocycles. The standard InChI is InChI=1S/C31H36/c1-2-23-22-28(24-14-12-13-15-24)30(26-18-8-4-9-19-26)31(27-20-10-5-11-21-27)29(23)25-16-6-3-7-17-25/h3,5-7,10-11,16-17,20-22,24,26H,2,4,8-9,12-15,18-19H2,1H3. The number of benzene rings is 3. The molecule has 3 aromatic rings. The van der Waals surface area contributed by atoms with E-state index in [9.17, 15) is 0 Å². The fourth-order valence-corrected chi connectivity index (χ4v) is 6.30. The van der Waals surface area contributed by atoms with Crippen LogP contribution in [0.4, 0.5) is 0 Å². The van der Waals surface area contributed by atoms with E-state index < -0.39 is 0 Å². The van der Waals surface area contributed by atoms with E-state index in [0.29, 0.717) is 5.92 Å². The molecular formula is C31H36. The van der Waals surface area contributed by atoms with Gasteiger partial charge in [0.25, 0.3) is 0 Å². The molecule has 0 bridgehead atoms. The van der Waals surface area contributed by atoms with E-state index in [1.165, 1.54) is 80.0 Å². The van der Waals surface area contributed by atoms with Gasteiger partial charge in [0.05, 0.1) is 0 Å². The lowest BCUT2D eigenvalue weighted by Gasteiger charge is -2.32. The molecule has 0 amide bonds. The Morgan fingerprint density at radius 2 is 1.13 bits per heavy atom. The molecule has 31 heavy (non-hydrogen) atoms. The molecule has 160 valence electrons. The van der Waals surface area contributed by atoms with Crippen molar-refractivity contribution in [3.63, 3.8) is 0 Å². The molecule has 0 unspecified atom stereocenters. The average molecular weight is 409 g/mol. The van der Waals surface area contributed by atoms with Crippen molar-refractivity contribution >= 4 is 0 Å². The molecule has 2 saturated carbocycles. The second kappa shape index (κ2) is 9.43. The molecular weight excluding hydrogens is 372 g/mol. The minimum atomic E-state index is 0.716. The van der Waals surface area contributed by atoms with Crippen molar-refractivity contribution in [2.75, 3.05) is 0 Å². The molecule has 0 heteroatoms. The van der Waals surface area contributed by atoms with E-state index in [0.717, 1.165) is 12.3 Å². The third kappa shape index (κ3) is 4.10. The Morgan fingerprint density at radius 3 is 1.71 bits per heavy atom. The number of aryl methyl sites for hydroxylation is 1. The zero-order valence-corrected chi connectivity index (χ0v) is 19.1. The minimum Gasteiger partial charge on any atom is -0.0622 e. The summed E-state index contributed by atoms with van der Waals surface area (Å²) in [5.41, 5.74) is 10.8. The lowest BCUT2D eigenvalue weighted by Crippen LogP contribution is -2.13. The summed E-state index contributed by atoms with van der Waals surface area (Å²) in [6.45, 7) is 2.34. The Hall–Kier alpha value is -2.34. The van der Waals surface area contributed by atoms with E-state index in [1.807, 2.05) is 0 Å². The highest BCUT2D eigenvalue weighted by Crippen LogP contribution is 2.50. The van der Waals surface area contributed by atoms with E-state index >= 15 is 0 Å². The van der Waals surface area contributed by atoms with Gasteiger partial charge < -0.3 is 0 Å². The number of hydrogen-bond acceptors (Lipinski definition) is 0. The monoisotopic (exact) mass is 408 g/mol. The Bertz CT molecular complexity index is 987. The molecule has 0 atom stereocenters. The largest absolute Gasteiger partial charge is 0.0622 e. The number of hydrogen-bond donors (Lipinski definition) is 0. The van der Waals surface area contributed by atoms with Crippen LogP contribution in [-0.2, 0) is 6.42 Å². The molecule has 2 aliphatic carbocycles. The first-order valence-electron chi connectivity index (χ1n) is 12.7. The average Bonchev–Trinajstić information content (AvgIpc) is 3.39. The van der Waals surface area contributed by atoms with Crippen LogP contribution in [0.15, 0.2) is 66.7 Å². The van der Waals surface area contributed by atoms with Gasteiger partial charge in [0, 0.05) is 0 Å². The molecule has 0 spiro atoms. The van der Waals surface area contributed by atoms with Crippen molar-refractivity contribution < 1.29 is 0 Å². The maximum Gasteiger partial charge on any atom is -0.00649 e. The molecule has 0 radical (unpaired) electrons. The van der Waals surface area contributed by atoms with Crippen LogP contribution in [0.3, 0.4) is 0 Å². The Kier molecular flexibility index (Phi) is 6.25. The van der Waals surface area contributed by atoms with Gasteiger partial charge in [0.1, 0.15) is 0 Å². The van der Waals surface area contributed by atoms with Crippen LogP contribution in [0.5, 0.6) is 0 Å². The summed E-state index contributed by atoms with van der Waals surface area (Å²) in [6, 6.07) is 25.2. The number of rotatable bonds is 5. The van der Waals surface area contributed by atoms with E-state index in [4.69, 9.17) is 0 Å². The predicted octanol–water partition coefficient (Wildman–Crippen LogP) is 9.29. The van der Waals surface area contributed by atoms with Crippen molar-refractivity contribution in [1.82, 2.24) is 0 Å². The molecule has 0 heterocycles. The Morgan fingerprint density at radius 1 is 0.613 bits per heavy atom. The van der Waals surface area contributed by atoms with E-state index in [-0.39, 0.29) is 0 Å². The van der Waals surface area contributed by atoms with Gasteiger partial charge >= 0.3 is 0 Å². The maximum atomic E-state index is 2.65. The lowest BCUT2D eigenvalue weighted by molar-refractivity contribution is 0.440. The molecule has 0 saturated heterocycles. The van der Waals surface area contributed by atoms with Crippen LogP contribution in [0.1, 0.15) is 93.2 Å². The van der Waals surface area contributed by atoms with Gasteiger partial charge in [0.15, 0.2) is 0 Å². The van der Waals surface area contributed by atoms with Crippen LogP contribution in [0, 0.1) is 0 Å². The zero-order chi connectivity index (χ0) is 21.0. The van der Waals surface area contributed by atoms with Gasteiger partial charge in [-0.15, -0.1) is 0 Å². The minimum absolute atomic E-state index is 0.716. The highest BCUT2D eigenvalue weighted by Gasteiger charge is 2.30. The van der Waals surface area contributed by atoms with Crippen LogP contribution in [0.2, 0.25) is 0 Å². The summed E-state index contributed by atoms with van der Waals surface area (Å²) in [4.78, 5) is 0. The van der Waals surface area contributed by atoms with Crippen LogP contribution < -0.4 is 0 Å². The summed E-state index contributed by atoms with van der Waals surface area (Å²) >= 11 is 0. The van der Waals surface area contributed by atoms with Crippen molar-refractivity contribution in [1.29, 1.82) is 0 Å². The van der Waals surface area contributed by atoms with Gasteiger partial charge in [-0.05, 0) is 82.9 Å². The third-order valence-electron chi connectivity index (χ3n) is 7.80. The second-order valence-corrected chi connectivity index (χ2v) is 9.69. The molecule has 2 fully saturated rings. The van der Waals surface area contributed by atoms with Crippen molar-refractivity contribution in [2.24, 2.45) is 0 Å². The fourth-order valence-electron chi connectivity index (χ4n) is 6.30. The smallest absolute Gasteiger partial charge is 0.00649 e. The van der Waals surface area contributed by atoms with Crippen LogP contribution in [-0.4, -0.2) is 0 Å². The first-order chi connectivity index (χ1) is 15.4. The fraction of sp³-hybridized carbons (Fsp3) is 0.419. The summed E-state index contributed by atoms with van der Waals surface area (Å²) in [6.07, 6.45) is 13.6. The molecule has 5 rings (SSSR count). The van der Waals surface area contributed by atoms with Crippen molar-refractivity contribution in [3.8, 4) is 22.3 Å². The SMILES string of the molecule is CCc1cc(C2CCCC2)c(C2CCCCC2)c(-c2ccccc2)c1-c1ccccc1. The predicted molar refractivity (Wildman–Crippen MR) is 134 cm³/mol. The van der Waals surface area contributed by atoms with E-state index in [1.54, 1.807) is 16.7 Å². The van der Waals surface area contributed by atoms with Gasteiger partial charge in [-0.3, -0.25) is 0 Å². The molecule has 0 aromatic heterocycles. The first kappa shape index (κ1) is 20.6. The van der Waals surface area contributed by atoms with Gasteiger partial charge in [-0.25, -0.2) is 0 Å². The first-order valence-corrected chi connectivity index (χ1v) is 12.7. The Labute approximate surface area is 188 Å². The summed E-state index contributed by atoms with van der Waals surface area (Å²) in [5.74, 6) is 1.47. The van der Waals surface area contributed by atoms with Gasteiger partial charge in [-0.2, -0.15) is 0 Å². The Balaban J connectivity index is 1.84. The highest BCUT2D eigenvalue weighted by molar-refractivity contribution is 5.89. The zero-order valence-electron chi connectivity index (χ0n) is 19.1. The molecule has 0 nitrogen and oxygen atoms in total. The van der Waals surface area contributed by atoms with Crippen molar-refractivity contribution in [2.45, 2.75) is 83.0 Å². The van der Waals surface area contributed by atoms with Crippen LogP contribution in [0.25, 0.3) is 22.3 Å². The molecule has 0 aliphatic heterocycles. The summed E-state index contributed by atoms with van der Waals surface area (Å²) in [7, 11) is 0. The molecule has 0 N–H and O–H groups in total. The summed E-state index contributed by atoms with van der Waals surface area (Å²) < 4.78 is 0. The maximum absolute atomic E-state index is 2.65. The van der Waals surface area contributed by atoms with Gasteiger partial charge in [0.2, 0.25) is 0 Å². The summed E-state index contributed by atoms with van der Waals surface area (Å²) in [5, 5.41) is 0. The van der Waals surface area contributed by atoms with E-state index in [2.05, 4.69) is 73.7 Å². The lowest BCUT2D eigenvalue weighted by atomic mass is 9.72. The topological polar surface area (TPSA) is 0 Å². The quantitative estimate of drug-likeness (QED) is 0.394. The van der Waals surface area contributed by atoms with Gasteiger partial charge in [-0.1, -0.05) is 106 Å². The third-order valence-corrected chi connectivity index (χ3v) is 7.80. The molecule has 2 aliphatic rings.